The van der Waals surface area contributed by atoms with Crippen LogP contribution in [0.25, 0.3) is 0 Å². The molecule has 0 amide bonds. The SMILES string of the molecule is CC1(c2n[nH]c(=O)o2)CC1F. The first-order valence-corrected chi connectivity index (χ1v) is 3.33. The van der Waals surface area contributed by atoms with Crippen molar-refractivity contribution in [2.24, 2.45) is 0 Å². The van der Waals surface area contributed by atoms with E-state index in [4.69, 9.17) is 0 Å². The van der Waals surface area contributed by atoms with Crippen LogP contribution in [0.5, 0.6) is 0 Å². The molecule has 1 aliphatic carbocycles. The van der Waals surface area contributed by atoms with Crippen molar-refractivity contribution < 1.29 is 8.81 Å². The second-order valence-electron chi connectivity index (χ2n) is 3.01. The second-order valence-corrected chi connectivity index (χ2v) is 3.01. The van der Waals surface area contributed by atoms with Gasteiger partial charge in [0.15, 0.2) is 0 Å². The topological polar surface area (TPSA) is 58.9 Å². The van der Waals surface area contributed by atoms with Crippen molar-refractivity contribution in [3.63, 3.8) is 0 Å². The second kappa shape index (κ2) is 1.72. The normalized spacial score (nSPS) is 35.6. The molecule has 1 saturated carbocycles. The van der Waals surface area contributed by atoms with E-state index >= 15 is 0 Å². The molecule has 1 N–H and O–H groups in total. The molecule has 0 aliphatic heterocycles. The Morgan fingerprint density at radius 1 is 1.91 bits per heavy atom. The number of hydrogen-bond donors (Lipinski definition) is 1. The number of nitrogens with zero attached hydrogens (tertiary/aromatic N) is 1. The minimum atomic E-state index is -0.922. The lowest BCUT2D eigenvalue weighted by Crippen LogP contribution is -2.05. The molecule has 0 spiro atoms. The fraction of sp³-hybridized carbons (Fsp3) is 0.667. The van der Waals surface area contributed by atoms with Crippen LogP contribution in [-0.4, -0.2) is 16.4 Å². The van der Waals surface area contributed by atoms with E-state index in [1.807, 2.05) is 0 Å². The molecule has 0 aromatic carbocycles. The van der Waals surface area contributed by atoms with E-state index in [1.165, 1.54) is 0 Å². The Kier molecular flexibility index (Phi) is 1.03. The average Bonchev–Trinajstić information content (AvgIpc) is 2.44. The summed E-state index contributed by atoms with van der Waals surface area (Å²) in [7, 11) is 0. The molecule has 2 unspecified atom stereocenters. The predicted molar refractivity (Wildman–Crippen MR) is 34.0 cm³/mol. The van der Waals surface area contributed by atoms with Gasteiger partial charge in [-0.05, 0) is 13.3 Å². The monoisotopic (exact) mass is 158 g/mol. The molecule has 1 aromatic heterocycles. The van der Waals surface area contributed by atoms with Crippen molar-refractivity contribution >= 4 is 0 Å². The van der Waals surface area contributed by atoms with E-state index in [2.05, 4.69) is 14.6 Å². The maximum atomic E-state index is 12.6. The summed E-state index contributed by atoms with van der Waals surface area (Å²) >= 11 is 0. The number of nitrogens with one attached hydrogen (secondary N) is 1. The minimum Gasteiger partial charge on any atom is -0.392 e. The third kappa shape index (κ3) is 0.800. The Bertz CT molecular complexity index is 331. The highest BCUT2D eigenvalue weighted by atomic mass is 19.1. The van der Waals surface area contributed by atoms with Crippen LogP contribution in [0.3, 0.4) is 0 Å². The number of aromatic nitrogens is 2. The lowest BCUT2D eigenvalue weighted by Gasteiger charge is -1.97. The standard InChI is InChI=1S/C6H7FN2O2/c1-6(2-3(6)7)4-8-9-5(10)11-4/h3H,2H2,1H3,(H,9,10). The molecular formula is C6H7FN2O2. The van der Waals surface area contributed by atoms with Gasteiger partial charge in [0.2, 0.25) is 5.89 Å². The zero-order valence-corrected chi connectivity index (χ0v) is 5.93. The van der Waals surface area contributed by atoms with Crippen LogP contribution in [-0.2, 0) is 5.41 Å². The van der Waals surface area contributed by atoms with Gasteiger partial charge in [0, 0.05) is 0 Å². The smallest absolute Gasteiger partial charge is 0.392 e. The van der Waals surface area contributed by atoms with E-state index in [0.717, 1.165) is 0 Å². The number of alkyl halides is 1. The lowest BCUT2D eigenvalue weighted by molar-refractivity contribution is 0.366. The van der Waals surface area contributed by atoms with Gasteiger partial charge in [0.25, 0.3) is 0 Å². The number of rotatable bonds is 1. The van der Waals surface area contributed by atoms with Gasteiger partial charge in [-0.15, -0.1) is 5.10 Å². The third-order valence-electron chi connectivity index (χ3n) is 2.06. The molecule has 2 rings (SSSR count). The summed E-state index contributed by atoms with van der Waals surface area (Å²) in [6.07, 6.45) is -0.533. The maximum absolute atomic E-state index is 12.6. The van der Waals surface area contributed by atoms with Crippen LogP contribution in [0, 0.1) is 0 Å². The Hall–Kier alpha value is -1.13. The first-order valence-electron chi connectivity index (χ1n) is 3.33. The van der Waals surface area contributed by atoms with Crippen molar-refractivity contribution in [2.45, 2.75) is 24.9 Å². The summed E-state index contributed by atoms with van der Waals surface area (Å²) in [6, 6.07) is 0. The minimum absolute atomic E-state index is 0.176. The molecular weight excluding hydrogens is 151 g/mol. The summed E-state index contributed by atoms with van der Waals surface area (Å²) in [6.45, 7) is 1.68. The summed E-state index contributed by atoms with van der Waals surface area (Å²) < 4.78 is 17.3. The van der Waals surface area contributed by atoms with Crippen molar-refractivity contribution in [2.75, 3.05) is 0 Å². The third-order valence-corrected chi connectivity index (χ3v) is 2.06. The fourth-order valence-corrected chi connectivity index (χ4v) is 1.01. The molecule has 1 aliphatic rings. The molecule has 1 heterocycles. The molecule has 2 atom stereocenters. The van der Waals surface area contributed by atoms with Crippen LogP contribution in [0.4, 0.5) is 4.39 Å². The Balaban J connectivity index is 2.38. The molecule has 0 saturated heterocycles. The van der Waals surface area contributed by atoms with Crippen LogP contribution in [0.1, 0.15) is 19.2 Å². The van der Waals surface area contributed by atoms with Crippen LogP contribution >= 0.6 is 0 Å². The quantitative estimate of drug-likeness (QED) is 0.642. The van der Waals surface area contributed by atoms with Gasteiger partial charge in [-0.3, -0.25) is 0 Å². The Morgan fingerprint density at radius 3 is 2.91 bits per heavy atom. The maximum Gasteiger partial charge on any atom is 0.434 e. The van der Waals surface area contributed by atoms with Crippen LogP contribution in [0.2, 0.25) is 0 Å². The van der Waals surface area contributed by atoms with Gasteiger partial charge in [-0.1, -0.05) is 0 Å². The number of aromatic amines is 1. The van der Waals surface area contributed by atoms with Gasteiger partial charge in [-0.2, -0.15) is 0 Å². The highest BCUT2D eigenvalue weighted by Gasteiger charge is 2.56. The Morgan fingerprint density at radius 2 is 2.55 bits per heavy atom. The molecule has 4 nitrogen and oxygen atoms in total. The largest absolute Gasteiger partial charge is 0.434 e. The van der Waals surface area contributed by atoms with Gasteiger partial charge < -0.3 is 4.42 Å². The van der Waals surface area contributed by atoms with E-state index in [9.17, 15) is 9.18 Å². The zero-order chi connectivity index (χ0) is 8.06. The average molecular weight is 158 g/mol. The van der Waals surface area contributed by atoms with Crippen molar-refractivity contribution in [1.29, 1.82) is 0 Å². The van der Waals surface area contributed by atoms with E-state index in [0.29, 0.717) is 6.42 Å². The molecule has 0 radical (unpaired) electrons. The fourth-order valence-electron chi connectivity index (χ4n) is 1.01. The molecule has 1 aromatic rings. The van der Waals surface area contributed by atoms with Gasteiger partial charge in [-0.25, -0.2) is 14.3 Å². The highest BCUT2D eigenvalue weighted by molar-refractivity contribution is 5.18. The van der Waals surface area contributed by atoms with Crippen molar-refractivity contribution in [3.8, 4) is 0 Å². The van der Waals surface area contributed by atoms with E-state index in [1.54, 1.807) is 6.92 Å². The highest BCUT2D eigenvalue weighted by Crippen LogP contribution is 2.48. The van der Waals surface area contributed by atoms with Gasteiger partial charge in [0.05, 0.1) is 5.41 Å². The van der Waals surface area contributed by atoms with Crippen LogP contribution < -0.4 is 5.76 Å². The number of H-pyrrole nitrogens is 1. The van der Waals surface area contributed by atoms with Crippen LogP contribution in [0.15, 0.2) is 9.21 Å². The predicted octanol–water partition coefficient (Wildman–Crippen LogP) is 0.362. The molecule has 0 bridgehead atoms. The van der Waals surface area contributed by atoms with Gasteiger partial charge in [0.1, 0.15) is 6.17 Å². The van der Waals surface area contributed by atoms with E-state index in [-0.39, 0.29) is 5.89 Å². The molecule has 1 fully saturated rings. The molecule has 5 heteroatoms. The number of hydrogen-bond acceptors (Lipinski definition) is 3. The molecule has 60 valence electrons. The Labute approximate surface area is 61.4 Å². The first kappa shape index (κ1) is 6.57. The summed E-state index contributed by atoms with van der Waals surface area (Å²) in [5.41, 5.74) is -0.654. The first-order chi connectivity index (χ1) is 5.13. The number of halogens is 1. The lowest BCUT2D eigenvalue weighted by atomic mass is 10.1. The summed E-state index contributed by atoms with van der Waals surface area (Å²) in [5, 5.41) is 5.65. The summed E-state index contributed by atoms with van der Waals surface area (Å²) in [4.78, 5) is 10.5. The van der Waals surface area contributed by atoms with Gasteiger partial charge >= 0.3 is 5.76 Å². The van der Waals surface area contributed by atoms with E-state index < -0.39 is 17.3 Å². The summed E-state index contributed by atoms with van der Waals surface area (Å²) in [5.74, 6) is -0.449. The van der Waals surface area contributed by atoms with Crippen molar-refractivity contribution in [1.82, 2.24) is 10.2 Å². The zero-order valence-electron chi connectivity index (χ0n) is 5.93. The van der Waals surface area contributed by atoms with Crippen molar-refractivity contribution in [3.05, 3.63) is 16.4 Å². The molecule has 11 heavy (non-hydrogen) atoms.